The summed E-state index contributed by atoms with van der Waals surface area (Å²) in [6, 6.07) is 14.4. The van der Waals surface area contributed by atoms with Crippen molar-refractivity contribution in [2.75, 3.05) is 24.3 Å². The summed E-state index contributed by atoms with van der Waals surface area (Å²) in [7, 11) is 4.08. The number of rotatable bonds is 4. The van der Waals surface area contributed by atoms with Crippen LogP contribution < -0.4 is 16.0 Å². The lowest BCUT2D eigenvalue weighted by Crippen LogP contribution is -2.22. The normalized spacial score (nSPS) is 10.9. The van der Waals surface area contributed by atoms with Crippen LogP contribution >= 0.6 is 24.0 Å². The Morgan fingerprint density at radius 2 is 1.74 bits per heavy atom. The van der Waals surface area contributed by atoms with Crippen LogP contribution in [-0.4, -0.2) is 20.1 Å². The van der Waals surface area contributed by atoms with E-state index < -0.39 is 0 Å². The van der Waals surface area contributed by atoms with Crippen LogP contribution in [-0.2, 0) is 6.54 Å². The summed E-state index contributed by atoms with van der Waals surface area (Å²) in [6.07, 6.45) is 0. The Balaban J connectivity index is 0.00000264. The second-order valence-corrected chi connectivity index (χ2v) is 5.70. The summed E-state index contributed by atoms with van der Waals surface area (Å²) in [5, 5.41) is 3.11. The van der Waals surface area contributed by atoms with E-state index in [-0.39, 0.29) is 24.0 Å². The molecule has 0 amide bonds. The average molecular weight is 424 g/mol. The molecule has 0 aliphatic heterocycles. The SMILES string of the molecule is Cc1ccc(NC(N)=NCc2ccc(N(C)C)cc2C)cc1.I. The van der Waals surface area contributed by atoms with Crippen LogP contribution in [0.2, 0.25) is 0 Å². The second kappa shape index (κ2) is 8.76. The molecule has 23 heavy (non-hydrogen) atoms. The fourth-order valence-electron chi connectivity index (χ4n) is 2.13. The van der Waals surface area contributed by atoms with E-state index in [0.29, 0.717) is 12.5 Å². The van der Waals surface area contributed by atoms with E-state index in [2.05, 4.69) is 47.3 Å². The van der Waals surface area contributed by atoms with Gasteiger partial charge in [-0.25, -0.2) is 4.99 Å². The monoisotopic (exact) mass is 424 g/mol. The molecule has 0 heterocycles. The molecule has 2 aromatic rings. The summed E-state index contributed by atoms with van der Waals surface area (Å²) < 4.78 is 0. The molecule has 5 heteroatoms. The van der Waals surface area contributed by atoms with Gasteiger partial charge < -0.3 is 16.0 Å². The van der Waals surface area contributed by atoms with Crippen LogP contribution in [0.3, 0.4) is 0 Å². The number of nitrogens with zero attached hydrogens (tertiary/aromatic N) is 2. The predicted molar refractivity (Wildman–Crippen MR) is 111 cm³/mol. The molecule has 0 fully saturated rings. The van der Waals surface area contributed by atoms with E-state index >= 15 is 0 Å². The van der Waals surface area contributed by atoms with Crippen molar-refractivity contribution >= 4 is 41.3 Å². The zero-order valence-corrected chi connectivity index (χ0v) is 16.5. The number of aliphatic imine (C=N–C) groups is 1. The third kappa shape index (κ3) is 5.74. The van der Waals surface area contributed by atoms with Crippen LogP contribution in [0.25, 0.3) is 0 Å². The molecule has 0 bridgehead atoms. The zero-order chi connectivity index (χ0) is 16.1. The van der Waals surface area contributed by atoms with Gasteiger partial charge in [0.1, 0.15) is 0 Å². The van der Waals surface area contributed by atoms with Crippen LogP contribution in [0.4, 0.5) is 11.4 Å². The van der Waals surface area contributed by atoms with Gasteiger partial charge in [-0.05, 0) is 49.2 Å². The lowest BCUT2D eigenvalue weighted by Gasteiger charge is -2.14. The van der Waals surface area contributed by atoms with Crippen molar-refractivity contribution in [1.82, 2.24) is 0 Å². The number of halogens is 1. The van der Waals surface area contributed by atoms with Crippen molar-refractivity contribution in [3.8, 4) is 0 Å². The molecule has 0 saturated heterocycles. The first-order valence-electron chi connectivity index (χ1n) is 7.36. The van der Waals surface area contributed by atoms with E-state index in [1.807, 2.05) is 38.4 Å². The number of nitrogens with two attached hydrogens (primary N) is 1. The van der Waals surface area contributed by atoms with E-state index in [0.717, 1.165) is 5.69 Å². The minimum Gasteiger partial charge on any atom is -0.378 e. The van der Waals surface area contributed by atoms with Crippen molar-refractivity contribution in [2.45, 2.75) is 20.4 Å². The maximum atomic E-state index is 5.95. The Labute approximate surface area is 155 Å². The van der Waals surface area contributed by atoms with Crippen molar-refractivity contribution in [1.29, 1.82) is 0 Å². The third-order valence-electron chi connectivity index (χ3n) is 3.59. The van der Waals surface area contributed by atoms with Gasteiger partial charge in [-0.1, -0.05) is 23.8 Å². The molecule has 0 aliphatic carbocycles. The van der Waals surface area contributed by atoms with Gasteiger partial charge in [0.05, 0.1) is 6.54 Å². The maximum absolute atomic E-state index is 5.95. The molecule has 0 saturated carbocycles. The molecule has 0 atom stereocenters. The summed E-state index contributed by atoms with van der Waals surface area (Å²) in [5.74, 6) is 0.430. The fraction of sp³-hybridized carbons (Fsp3) is 0.278. The number of anilines is 2. The molecule has 0 unspecified atom stereocenters. The lowest BCUT2D eigenvalue weighted by atomic mass is 10.1. The van der Waals surface area contributed by atoms with E-state index in [1.165, 1.54) is 22.4 Å². The van der Waals surface area contributed by atoms with E-state index in [9.17, 15) is 0 Å². The molecular weight excluding hydrogens is 399 g/mol. The second-order valence-electron chi connectivity index (χ2n) is 5.70. The maximum Gasteiger partial charge on any atom is 0.193 e. The smallest absolute Gasteiger partial charge is 0.193 e. The van der Waals surface area contributed by atoms with Gasteiger partial charge >= 0.3 is 0 Å². The first-order valence-corrected chi connectivity index (χ1v) is 7.36. The van der Waals surface area contributed by atoms with E-state index in [1.54, 1.807) is 0 Å². The zero-order valence-electron chi connectivity index (χ0n) is 14.1. The standard InChI is InChI=1S/C18H24N4.HI/c1-13-5-8-16(9-6-13)21-18(19)20-12-15-7-10-17(22(3)4)11-14(15)2;/h5-11H,12H2,1-4H3,(H3,19,20,21);1H. The Morgan fingerprint density at radius 3 is 2.30 bits per heavy atom. The highest BCUT2D eigenvalue weighted by Gasteiger charge is 2.02. The van der Waals surface area contributed by atoms with Crippen molar-refractivity contribution in [3.63, 3.8) is 0 Å². The Hall–Kier alpha value is -1.76. The Bertz CT molecular complexity index is 663. The number of benzene rings is 2. The highest BCUT2D eigenvalue weighted by Crippen LogP contribution is 2.18. The topological polar surface area (TPSA) is 53.6 Å². The summed E-state index contributed by atoms with van der Waals surface area (Å²) >= 11 is 0. The van der Waals surface area contributed by atoms with Crippen LogP contribution in [0, 0.1) is 13.8 Å². The molecule has 0 spiro atoms. The van der Waals surface area contributed by atoms with Gasteiger partial charge in [0.2, 0.25) is 0 Å². The molecule has 2 rings (SSSR count). The minimum atomic E-state index is 0. The molecular formula is C18H25IN4. The van der Waals surface area contributed by atoms with Gasteiger partial charge in [-0.15, -0.1) is 24.0 Å². The molecule has 4 nitrogen and oxygen atoms in total. The summed E-state index contributed by atoms with van der Waals surface area (Å²) in [5.41, 5.74) is 11.7. The quantitative estimate of drug-likeness (QED) is 0.445. The lowest BCUT2D eigenvalue weighted by molar-refractivity contribution is 1.03. The van der Waals surface area contributed by atoms with Gasteiger partial charge in [-0.3, -0.25) is 0 Å². The van der Waals surface area contributed by atoms with E-state index in [4.69, 9.17) is 5.73 Å². The Kier molecular flexibility index (Phi) is 7.35. The first kappa shape index (κ1) is 19.3. The number of nitrogens with one attached hydrogen (secondary N) is 1. The fourth-order valence-corrected chi connectivity index (χ4v) is 2.13. The number of guanidine groups is 1. The number of hydrogen-bond donors (Lipinski definition) is 2. The summed E-state index contributed by atoms with van der Waals surface area (Å²) in [6.45, 7) is 4.73. The first-order chi connectivity index (χ1) is 10.5. The van der Waals surface area contributed by atoms with Crippen LogP contribution in [0.1, 0.15) is 16.7 Å². The highest BCUT2D eigenvalue weighted by molar-refractivity contribution is 14.0. The molecule has 0 aromatic heterocycles. The van der Waals surface area contributed by atoms with Crippen LogP contribution in [0.5, 0.6) is 0 Å². The summed E-state index contributed by atoms with van der Waals surface area (Å²) in [4.78, 5) is 6.51. The molecule has 0 radical (unpaired) electrons. The minimum absolute atomic E-state index is 0. The molecule has 3 N–H and O–H groups in total. The van der Waals surface area contributed by atoms with Crippen molar-refractivity contribution < 1.29 is 0 Å². The Morgan fingerprint density at radius 1 is 1.09 bits per heavy atom. The third-order valence-corrected chi connectivity index (χ3v) is 3.59. The van der Waals surface area contributed by atoms with Gasteiger partial charge in [0, 0.05) is 25.5 Å². The predicted octanol–water partition coefficient (Wildman–Crippen LogP) is 3.91. The van der Waals surface area contributed by atoms with Crippen molar-refractivity contribution in [3.05, 3.63) is 59.2 Å². The van der Waals surface area contributed by atoms with Gasteiger partial charge in [0.25, 0.3) is 0 Å². The average Bonchev–Trinajstić information content (AvgIpc) is 2.48. The van der Waals surface area contributed by atoms with Crippen LogP contribution in [0.15, 0.2) is 47.5 Å². The number of aryl methyl sites for hydroxylation is 2. The molecule has 2 aromatic carbocycles. The largest absolute Gasteiger partial charge is 0.378 e. The molecule has 124 valence electrons. The number of hydrogen-bond acceptors (Lipinski definition) is 2. The van der Waals surface area contributed by atoms with Crippen molar-refractivity contribution in [2.24, 2.45) is 10.7 Å². The molecule has 0 aliphatic rings. The van der Waals surface area contributed by atoms with Gasteiger partial charge in [-0.2, -0.15) is 0 Å². The highest BCUT2D eigenvalue weighted by atomic mass is 127. The van der Waals surface area contributed by atoms with Gasteiger partial charge in [0.15, 0.2) is 5.96 Å².